The minimum absolute atomic E-state index is 0.763. The lowest BCUT2D eigenvalue weighted by molar-refractivity contribution is 0.672. The fourth-order valence-electron chi connectivity index (χ4n) is 6.68. The maximum Gasteiger partial charge on any atom is 0.177 e. The van der Waals surface area contributed by atoms with Crippen LogP contribution in [0.15, 0.2) is 174 Å². The summed E-state index contributed by atoms with van der Waals surface area (Å²) < 4.78 is 6.75. The summed E-state index contributed by atoms with van der Waals surface area (Å²) in [6.45, 7) is 0. The van der Waals surface area contributed by atoms with E-state index in [1.54, 1.807) is 0 Å². The molecular formula is C43H28N2O. The maximum atomic E-state index is 6.75. The molecule has 0 aliphatic rings. The second-order valence-corrected chi connectivity index (χ2v) is 11.6. The van der Waals surface area contributed by atoms with Gasteiger partial charge >= 0.3 is 0 Å². The van der Waals surface area contributed by atoms with Crippen LogP contribution in [-0.2, 0) is 0 Å². The molecule has 0 aliphatic heterocycles. The summed E-state index contributed by atoms with van der Waals surface area (Å²) in [5, 5.41) is 5.73. The maximum absolute atomic E-state index is 6.75. The predicted molar refractivity (Wildman–Crippen MR) is 192 cm³/mol. The molecule has 216 valence electrons. The fraction of sp³-hybridized carbons (Fsp3) is 0. The first-order valence-electron chi connectivity index (χ1n) is 15.5. The molecule has 3 heteroatoms. The average molecular weight is 589 g/mol. The molecule has 46 heavy (non-hydrogen) atoms. The van der Waals surface area contributed by atoms with Crippen LogP contribution in [0, 0.1) is 0 Å². The number of furan rings is 1. The molecule has 2 aromatic heterocycles. The van der Waals surface area contributed by atoms with E-state index in [1.807, 2.05) is 12.3 Å². The third-order valence-corrected chi connectivity index (χ3v) is 8.92. The van der Waals surface area contributed by atoms with Gasteiger partial charge in [0.15, 0.2) is 5.58 Å². The van der Waals surface area contributed by atoms with E-state index in [0.29, 0.717) is 0 Å². The van der Waals surface area contributed by atoms with E-state index in [2.05, 4.69) is 163 Å². The van der Waals surface area contributed by atoms with Crippen LogP contribution in [0.3, 0.4) is 0 Å². The van der Waals surface area contributed by atoms with Crippen molar-refractivity contribution < 1.29 is 4.42 Å². The topological polar surface area (TPSA) is 29.3 Å². The van der Waals surface area contributed by atoms with E-state index in [9.17, 15) is 0 Å². The van der Waals surface area contributed by atoms with Crippen LogP contribution in [0.4, 0.5) is 17.1 Å². The molecule has 0 radical (unpaired) electrons. The van der Waals surface area contributed by atoms with Crippen molar-refractivity contribution in [1.82, 2.24) is 4.98 Å². The number of benzene rings is 7. The molecule has 7 aromatic carbocycles. The first-order valence-corrected chi connectivity index (χ1v) is 15.5. The van der Waals surface area contributed by atoms with E-state index in [4.69, 9.17) is 9.40 Å². The summed E-state index contributed by atoms with van der Waals surface area (Å²) in [6.07, 6.45) is 1.89. The zero-order valence-corrected chi connectivity index (χ0v) is 25.0. The van der Waals surface area contributed by atoms with Crippen LogP contribution in [0.1, 0.15) is 0 Å². The zero-order chi connectivity index (χ0) is 30.5. The van der Waals surface area contributed by atoms with Gasteiger partial charge in [-0.2, -0.15) is 0 Å². The highest BCUT2D eigenvalue weighted by atomic mass is 16.3. The van der Waals surface area contributed by atoms with E-state index < -0.39 is 0 Å². The summed E-state index contributed by atoms with van der Waals surface area (Å²) in [4.78, 5) is 7.10. The third kappa shape index (κ3) is 4.33. The van der Waals surface area contributed by atoms with Gasteiger partial charge < -0.3 is 9.32 Å². The van der Waals surface area contributed by atoms with Gasteiger partial charge in [-0.25, -0.2) is 0 Å². The largest absolute Gasteiger partial charge is 0.451 e. The van der Waals surface area contributed by atoms with Crippen molar-refractivity contribution in [2.75, 3.05) is 4.90 Å². The van der Waals surface area contributed by atoms with Crippen LogP contribution in [0.5, 0.6) is 0 Å². The Kier molecular flexibility index (Phi) is 6.14. The summed E-state index contributed by atoms with van der Waals surface area (Å²) >= 11 is 0. The van der Waals surface area contributed by atoms with E-state index in [-0.39, 0.29) is 0 Å². The van der Waals surface area contributed by atoms with Gasteiger partial charge in [-0.1, -0.05) is 127 Å². The minimum Gasteiger partial charge on any atom is -0.451 e. The van der Waals surface area contributed by atoms with Gasteiger partial charge in [-0.3, -0.25) is 4.98 Å². The molecule has 0 spiro atoms. The molecule has 0 saturated heterocycles. The Morgan fingerprint density at radius 1 is 0.413 bits per heavy atom. The molecule has 0 saturated carbocycles. The number of fused-ring (bicyclic) bond motifs is 6. The summed E-state index contributed by atoms with van der Waals surface area (Å²) in [6, 6.07) is 57.8. The van der Waals surface area contributed by atoms with Crippen molar-refractivity contribution in [1.29, 1.82) is 0 Å². The molecule has 3 nitrogen and oxygen atoms in total. The molecule has 0 fully saturated rings. The predicted octanol–water partition coefficient (Wildman–Crippen LogP) is 12.1. The average Bonchev–Trinajstić information content (AvgIpc) is 3.53. The molecule has 0 N–H and O–H groups in total. The van der Waals surface area contributed by atoms with Crippen LogP contribution < -0.4 is 4.90 Å². The standard InChI is InChI=1S/C43H28N2O/c1-2-9-29(10-3-1)30-17-22-34(23-18-30)45(35-24-19-33(20-25-35)37-16-8-13-31-11-4-6-14-36(31)37)40-27-28-44-41-39-26-21-32-12-5-7-15-38(32)42(39)46-43(40)41/h1-28H. The Bertz CT molecular complexity index is 2510. The number of rotatable bonds is 5. The third-order valence-electron chi connectivity index (χ3n) is 8.92. The highest BCUT2D eigenvalue weighted by molar-refractivity contribution is 6.16. The first-order chi connectivity index (χ1) is 22.8. The Balaban J connectivity index is 1.23. The lowest BCUT2D eigenvalue weighted by atomic mass is 9.98. The van der Waals surface area contributed by atoms with Crippen LogP contribution in [0.25, 0.3) is 65.9 Å². The van der Waals surface area contributed by atoms with Gasteiger partial charge in [0, 0.05) is 28.3 Å². The second kappa shape index (κ2) is 10.8. The number of anilines is 3. The molecule has 0 unspecified atom stereocenters. The lowest BCUT2D eigenvalue weighted by Crippen LogP contribution is -2.10. The van der Waals surface area contributed by atoms with E-state index >= 15 is 0 Å². The SMILES string of the molecule is c1ccc(-c2ccc(N(c3ccc(-c4cccc5ccccc45)cc3)c3ccnc4c3oc3c5ccccc5ccc43)cc2)cc1. The minimum atomic E-state index is 0.763. The molecule has 0 atom stereocenters. The Morgan fingerprint density at radius 2 is 1.02 bits per heavy atom. The lowest BCUT2D eigenvalue weighted by Gasteiger charge is -2.26. The normalized spacial score (nSPS) is 11.5. The summed E-state index contributed by atoms with van der Waals surface area (Å²) in [5.41, 5.74) is 10.3. The molecular weight excluding hydrogens is 560 g/mol. The quantitative estimate of drug-likeness (QED) is 0.200. The summed E-state index contributed by atoms with van der Waals surface area (Å²) in [7, 11) is 0. The Labute approximate surface area is 266 Å². The van der Waals surface area contributed by atoms with Gasteiger partial charge in [0.25, 0.3) is 0 Å². The van der Waals surface area contributed by atoms with Crippen molar-refractivity contribution in [3.05, 3.63) is 170 Å². The van der Waals surface area contributed by atoms with Crippen LogP contribution in [0.2, 0.25) is 0 Å². The van der Waals surface area contributed by atoms with Gasteiger partial charge in [-0.15, -0.1) is 0 Å². The number of aromatic nitrogens is 1. The van der Waals surface area contributed by atoms with Gasteiger partial charge in [0.1, 0.15) is 11.1 Å². The number of hydrogen-bond acceptors (Lipinski definition) is 3. The monoisotopic (exact) mass is 588 g/mol. The van der Waals surface area contributed by atoms with Crippen LogP contribution in [-0.4, -0.2) is 4.98 Å². The molecule has 2 heterocycles. The molecule has 0 aliphatic carbocycles. The number of nitrogens with zero attached hydrogens (tertiary/aromatic N) is 2. The molecule has 0 amide bonds. The van der Waals surface area contributed by atoms with Gasteiger partial charge in [0.2, 0.25) is 0 Å². The van der Waals surface area contributed by atoms with Crippen molar-refractivity contribution >= 4 is 60.7 Å². The van der Waals surface area contributed by atoms with Crippen molar-refractivity contribution in [2.24, 2.45) is 0 Å². The van der Waals surface area contributed by atoms with Crippen molar-refractivity contribution in [3.63, 3.8) is 0 Å². The molecule has 9 aromatic rings. The smallest absolute Gasteiger partial charge is 0.177 e. The van der Waals surface area contributed by atoms with Gasteiger partial charge in [0.05, 0.1) is 5.69 Å². The van der Waals surface area contributed by atoms with E-state index in [0.717, 1.165) is 49.9 Å². The van der Waals surface area contributed by atoms with Crippen LogP contribution >= 0.6 is 0 Å². The molecule has 0 bridgehead atoms. The highest BCUT2D eigenvalue weighted by Crippen LogP contribution is 2.43. The second-order valence-electron chi connectivity index (χ2n) is 11.6. The van der Waals surface area contributed by atoms with Crippen molar-refractivity contribution in [2.45, 2.75) is 0 Å². The highest BCUT2D eigenvalue weighted by Gasteiger charge is 2.21. The molecule has 9 rings (SSSR count). The zero-order valence-electron chi connectivity index (χ0n) is 25.0. The fourth-order valence-corrected chi connectivity index (χ4v) is 6.68. The van der Waals surface area contributed by atoms with E-state index in [1.165, 1.54) is 33.0 Å². The van der Waals surface area contributed by atoms with Crippen molar-refractivity contribution in [3.8, 4) is 22.3 Å². The number of hydrogen-bond donors (Lipinski definition) is 0. The van der Waals surface area contributed by atoms with Gasteiger partial charge in [-0.05, 0) is 74.8 Å². The summed E-state index contributed by atoms with van der Waals surface area (Å²) in [5.74, 6) is 0. The Hall–Kier alpha value is -6.19. The Morgan fingerprint density at radius 3 is 1.78 bits per heavy atom. The first kappa shape index (κ1) is 26.2. The number of pyridine rings is 1.